The van der Waals surface area contributed by atoms with E-state index < -0.39 is 0 Å². The molecule has 3 rings (SSSR count). The molecule has 0 radical (unpaired) electrons. The highest BCUT2D eigenvalue weighted by Gasteiger charge is 2.20. The van der Waals surface area contributed by atoms with Crippen molar-refractivity contribution in [1.82, 2.24) is 9.38 Å². The molecule has 0 saturated heterocycles. The molecule has 0 aliphatic carbocycles. The van der Waals surface area contributed by atoms with Gasteiger partial charge in [0.1, 0.15) is 5.82 Å². The van der Waals surface area contributed by atoms with Crippen molar-refractivity contribution in [3.05, 3.63) is 44.0 Å². The Labute approximate surface area is 112 Å². The molecule has 0 amide bonds. The molecule has 2 heterocycles. The van der Waals surface area contributed by atoms with E-state index >= 15 is 0 Å². The standard InChI is InChI=1S/C16H18N2O/c1-7-8(2)13-15-14(9(7)3)17-12(6)18(15)11(5)10(4)16(13)19/h1-6H3. The van der Waals surface area contributed by atoms with E-state index in [-0.39, 0.29) is 5.43 Å². The van der Waals surface area contributed by atoms with Crippen LogP contribution in [0.2, 0.25) is 0 Å². The predicted octanol–water partition coefficient (Wildman–Crippen LogP) is 3.14. The molecule has 3 aromatic rings. The number of hydrogen-bond donors (Lipinski definition) is 0. The lowest BCUT2D eigenvalue weighted by Crippen LogP contribution is -2.14. The molecule has 0 aliphatic rings. The highest BCUT2D eigenvalue weighted by atomic mass is 16.1. The summed E-state index contributed by atoms with van der Waals surface area (Å²) in [6.07, 6.45) is 0. The molecule has 0 bridgehead atoms. The number of nitrogens with zero attached hydrogens (tertiary/aromatic N) is 2. The van der Waals surface area contributed by atoms with E-state index in [0.29, 0.717) is 0 Å². The van der Waals surface area contributed by atoms with E-state index in [2.05, 4.69) is 23.2 Å². The normalized spacial score (nSPS) is 11.9. The number of benzene rings is 1. The summed E-state index contributed by atoms with van der Waals surface area (Å²) >= 11 is 0. The van der Waals surface area contributed by atoms with E-state index in [4.69, 9.17) is 0 Å². The van der Waals surface area contributed by atoms with E-state index in [1.165, 1.54) is 11.1 Å². The maximum atomic E-state index is 12.6. The quantitative estimate of drug-likeness (QED) is 0.617. The predicted molar refractivity (Wildman–Crippen MR) is 78.6 cm³/mol. The van der Waals surface area contributed by atoms with E-state index in [1.54, 1.807) is 0 Å². The lowest BCUT2D eigenvalue weighted by molar-refractivity contribution is 0.980. The number of aromatic nitrogens is 2. The zero-order chi connectivity index (χ0) is 14.1. The minimum absolute atomic E-state index is 0.149. The minimum Gasteiger partial charge on any atom is -0.299 e. The Kier molecular flexibility index (Phi) is 2.28. The lowest BCUT2D eigenvalue weighted by atomic mass is 9.96. The number of pyridine rings is 1. The molecule has 0 saturated carbocycles. The number of rotatable bonds is 0. The first-order valence-electron chi connectivity index (χ1n) is 6.57. The molecule has 98 valence electrons. The molecule has 0 N–H and O–H groups in total. The zero-order valence-electron chi connectivity index (χ0n) is 12.3. The molecule has 2 aromatic heterocycles. The topological polar surface area (TPSA) is 34.4 Å². The Hall–Kier alpha value is -1.90. The Morgan fingerprint density at radius 3 is 2.11 bits per heavy atom. The zero-order valence-corrected chi connectivity index (χ0v) is 12.3. The van der Waals surface area contributed by atoms with Gasteiger partial charge in [0.2, 0.25) is 0 Å². The van der Waals surface area contributed by atoms with E-state index in [9.17, 15) is 4.79 Å². The summed E-state index contributed by atoms with van der Waals surface area (Å²) in [6, 6.07) is 0. The van der Waals surface area contributed by atoms with Gasteiger partial charge in [-0.3, -0.25) is 9.20 Å². The molecule has 1 aromatic carbocycles. The van der Waals surface area contributed by atoms with Gasteiger partial charge in [0.15, 0.2) is 5.43 Å². The Bertz CT molecular complexity index is 888. The largest absolute Gasteiger partial charge is 0.299 e. The van der Waals surface area contributed by atoms with Crippen molar-refractivity contribution in [1.29, 1.82) is 0 Å². The summed E-state index contributed by atoms with van der Waals surface area (Å²) < 4.78 is 2.13. The van der Waals surface area contributed by atoms with Crippen LogP contribution < -0.4 is 5.43 Å². The number of imidazole rings is 1. The third-order valence-electron chi connectivity index (χ3n) is 4.58. The summed E-state index contributed by atoms with van der Waals surface area (Å²) in [5.74, 6) is 0.953. The van der Waals surface area contributed by atoms with Crippen LogP contribution >= 0.6 is 0 Å². The van der Waals surface area contributed by atoms with Crippen molar-refractivity contribution < 1.29 is 0 Å². The first-order chi connectivity index (χ1) is 8.86. The minimum atomic E-state index is 0.149. The second-order valence-electron chi connectivity index (χ2n) is 5.48. The molecular weight excluding hydrogens is 236 g/mol. The van der Waals surface area contributed by atoms with Crippen molar-refractivity contribution in [2.45, 2.75) is 41.5 Å². The summed E-state index contributed by atoms with van der Waals surface area (Å²) in [6.45, 7) is 12.1. The molecule has 3 nitrogen and oxygen atoms in total. The van der Waals surface area contributed by atoms with Gasteiger partial charge in [-0.25, -0.2) is 4.98 Å². The Morgan fingerprint density at radius 1 is 0.842 bits per heavy atom. The first-order valence-corrected chi connectivity index (χ1v) is 6.57. The van der Waals surface area contributed by atoms with E-state index in [1.807, 2.05) is 27.7 Å². The fourth-order valence-electron chi connectivity index (χ4n) is 3.06. The van der Waals surface area contributed by atoms with Crippen LogP contribution in [-0.4, -0.2) is 9.38 Å². The highest BCUT2D eigenvalue weighted by molar-refractivity contribution is 5.99. The second kappa shape index (κ2) is 3.56. The maximum Gasteiger partial charge on any atom is 0.192 e. The van der Waals surface area contributed by atoms with Gasteiger partial charge in [0, 0.05) is 11.3 Å². The van der Waals surface area contributed by atoms with E-state index in [0.717, 1.165) is 39.1 Å². The lowest BCUT2D eigenvalue weighted by Gasteiger charge is -2.13. The number of aryl methyl sites for hydroxylation is 4. The third-order valence-corrected chi connectivity index (χ3v) is 4.58. The van der Waals surface area contributed by atoms with Crippen molar-refractivity contribution in [3.8, 4) is 0 Å². The third kappa shape index (κ3) is 1.28. The maximum absolute atomic E-state index is 12.6. The Morgan fingerprint density at radius 2 is 1.47 bits per heavy atom. The fraction of sp³-hybridized carbons (Fsp3) is 0.375. The van der Waals surface area contributed by atoms with Gasteiger partial charge in [-0.15, -0.1) is 0 Å². The van der Waals surface area contributed by atoms with Crippen LogP contribution in [0.1, 0.15) is 33.8 Å². The fourth-order valence-corrected chi connectivity index (χ4v) is 3.06. The van der Waals surface area contributed by atoms with Gasteiger partial charge in [-0.2, -0.15) is 0 Å². The van der Waals surface area contributed by atoms with Gasteiger partial charge >= 0.3 is 0 Å². The molecule has 0 unspecified atom stereocenters. The molecule has 0 fully saturated rings. The highest BCUT2D eigenvalue weighted by Crippen LogP contribution is 2.30. The van der Waals surface area contributed by atoms with Crippen LogP contribution in [0.3, 0.4) is 0 Å². The van der Waals surface area contributed by atoms with Crippen molar-refractivity contribution in [2.24, 2.45) is 0 Å². The van der Waals surface area contributed by atoms with Crippen LogP contribution in [0, 0.1) is 41.5 Å². The monoisotopic (exact) mass is 254 g/mol. The first kappa shape index (κ1) is 12.2. The molecule has 19 heavy (non-hydrogen) atoms. The smallest absolute Gasteiger partial charge is 0.192 e. The SMILES string of the molecule is Cc1c(C)c2nc(C)n3c(C)c(C)c(=O)c(c1C)c23. The van der Waals surface area contributed by atoms with Crippen LogP contribution in [0.25, 0.3) is 16.4 Å². The van der Waals surface area contributed by atoms with Gasteiger partial charge < -0.3 is 0 Å². The average molecular weight is 254 g/mol. The second-order valence-corrected chi connectivity index (χ2v) is 5.48. The molecule has 0 aliphatic heterocycles. The van der Waals surface area contributed by atoms with Gasteiger partial charge in [0.25, 0.3) is 0 Å². The summed E-state index contributed by atoms with van der Waals surface area (Å²) in [5, 5.41) is 0.835. The van der Waals surface area contributed by atoms with Crippen LogP contribution in [0.5, 0.6) is 0 Å². The summed E-state index contributed by atoms with van der Waals surface area (Å²) in [4.78, 5) is 17.3. The average Bonchev–Trinajstić information content (AvgIpc) is 2.71. The van der Waals surface area contributed by atoms with Crippen molar-refractivity contribution in [3.63, 3.8) is 0 Å². The van der Waals surface area contributed by atoms with Gasteiger partial charge in [-0.1, -0.05) is 0 Å². The Balaban J connectivity index is 2.86. The van der Waals surface area contributed by atoms with Gasteiger partial charge in [-0.05, 0) is 58.2 Å². The molecule has 0 atom stereocenters. The number of hydrogen-bond acceptors (Lipinski definition) is 2. The van der Waals surface area contributed by atoms with Gasteiger partial charge in [0.05, 0.1) is 16.4 Å². The van der Waals surface area contributed by atoms with Crippen molar-refractivity contribution in [2.75, 3.05) is 0 Å². The van der Waals surface area contributed by atoms with Crippen LogP contribution in [-0.2, 0) is 0 Å². The molecular formula is C16H18N2O. The summed E-state index contributed by atoms with van der Waals surface area (Å²) in [7, 11) is 0. The molecule has 0 spiro atoms. The summed E-state index contributed by atoms with van der Waals surface area (Å²) in [5.41, 5.74) is 7.37. The van der Waals surface area contributed by atoms with Crippen LogP contribution in [0.4, 0.5) is 0 Å². The molecule has 3 heteroatoms. The van der Waals surface area contributed by atoms with Crippen LogP contribution in [0.15, 0.2) is 4.79 Å². The van der Waals surface area contributed by atoms with Crippen molar-refractivity contribution >= 4 is 16.4 Å².